The van der Waals surface area contributed by atoms with Crippen LogP contribution >= 0.6 is 0 Å². The molecule has 0 atom stereocenters. The molecule has 0 spiro atoms. The summed E-state index contributed by atoms with van der Waals surface area (Å²) in [6.07, 6.45) is 2.11. The Morgan fingerprint density at radius 1 is 1.14 bits per heavy atom. The van der Waals surface area contributed by atoms with Crippen molar-refractivity contribution in [2.75, 3.05) is 19.6 Å². The van der Waals surface area contributed by atoms with E-state index < -0.39 is 10.0 Å². The van der Waals surface area contributed by atoms with Gasteiger partial charge in [-0.25, -0.2) is 8.42 Å². The van der Waals surface area contributed by atoms with Gasteiger partial charge in [0.15, 0.2) is 0 Å². The van der Waals surface area contributed by atoms with E-state index in [0.717, 1.165) is 24.0 Å². The Morgan fingerprint density at radius 3 is 2.38 bits per heavy atom. The van der Waals surface area contributed by atoms with E-state index in [1.807, 2.05) is 36.1 Å². The number of carbonyl (C=O) groups is 1. The van der Waals surface area contributed by atoms with Gasteiger partial charge in [0.1, 0.15) is 0 Å². The van der Waals surface area contributed by atoms with Crippen LogP contribution in [0.25, 0.3) is 0 Å². The Bertz CT molecular complexity index is 635. The Kier molecular flexibility index (Phi) is 3.75. The second-order valence-electron chi connectivity index (χ2n) is 5.89. The number of nitrogens with zero attached hydrogens (tertiary/aromatic N) is 2. The van der Waals surface area contributed by atoms with E-state index in [1.165, 1.54) is 4.31 Å². The number of carbonyl (C=O) groups excluding carboxylic acids is 1. The largest absolute Gasteiger partial charge is 0.337 e. The predicted octanol–water partition coefficient (Wildman–Crippen LogP) is 1.13. The lowest BCUT2D eigenvalue weighted by Gasteiger charge is -2.33. The zero-order valence-electron chi connectivity index (χ0n) is 12.2. The monoisotopic (exact) mass is 308 g/mol. The summed E-state index contributed by atoms with van der Waals surface area (Å²) in [5, 5.41) is 0. The van der Waals surface area contributed by atoms with E-state index in [1.54, 1.807) is 0 Å². The Morgan fingerprint density at radius 2 is 1.81 bits per heavy atom. The van der Waals surface area contributed by atoms with Crippen LogP contribution in [-0.2, 0) is 20.6 Å². The zero-order chi connectivity index (χ0) is 15.0. The van der Waals surface area contributed by atoms with Crippen molar-refractivity contribution in [1.29, 1.82) is 0 Å². The van der Waals surface area contributed by atoms with Crippen LogP contribution in [0, 0.1) is 6.92 Å². The number of benzene rings is 1. The molecule has 3 rings (SSSR count). The number of sulfonamides is 1. The smallest absolute Gasteiger partial charge is 0.238 e. The number of hydrogen-bond acceptors (Lipinski definition) is 3. The fourth-order valence-electron chi connectivity index (χ4n) is 2.66. The first-order valence-electron chi connectivity index (χ1n) is 7.28. The van der Waals surface area contributed by atoms with Gasteiger partial charge >= 0.3 is 0 Å². The number of hydrogen-bond donors (Lipinski definition) is 0. The van der Waals surface area contributed by atoms with Gasteiger partial charge in [-0.05, 0) is 25.3 Å². The number of amides is 1. The van der Waals surface area contributed by atoms with E-state index in [-0.39, 0.29) is 18.2 Å². The van der Waals surface area contributed by atoms with Crippen LogP contribution in [-0.4, -0.2) is 49.2 Å². The van der Waals surface area contributed by atoms with Crippen molar-refractivity contribution in [3.05, 3.63) is 35.4 Å². The van der Waals surface area contributed by atoms with E-state index in [2.05, 4.69) is 0 Å². The van der Waals surface area contributed by atoms with Crippen LogP contribution in [0.1, 0.15) is 24.0 Å². The molecule has 0 radical (unpaired) electrons. The predicted molar refractivity (Wildman–Crippen MR) is 80.1 cm³/mol. The molecule has 1 saturated carbocycles. The molecular weight excluding hydrogens is 288 g/mol. The van der Waals surface area contributed by atoms with Gasteiger partial charge in [0.2, 0.25) is 15.9 Å². The molecule has 21 heavy (non-hydrogen) atoms. The minimum atomic E-state index is -3.43. The fourth-order valence-corrected chi connectivity index (χ4v) is 4.12. The van der Waals surface area contributed by atoms with Crippen molar-refractivity contribution in [3.8, 4) is 0 Å². The number of piperazine rings is 1. The Labute approximate surface area is 125 Å². The quantitative estimate of drug-likeness (QED) is 0.838. The molecule has 2 fully saturated rings. The fraction of sp³-hybridized carbons (Fsp3) is 0.533. The highest BCUT2D eigenvalue weighted by Gasteiger charge is 2.38. The molecule has 1 aliphatic carbocycles. The van der Waals surface area contributed by atoms with Crippen LogP contribution in [0.15, 0.2) is 24.3 Å². The first-order chi connectivity index (χ1) is 9.95. The molecule has 1 saturated heterocycles. The van der Waals surface area contributed by atoms with Crippen LogP contribution in [0.3, 0.4) is 0 Å². The normalized spacial score (nSPS) is 20.8. The maximum Gasteiger partial charge on any atom is 0.238 e. The summed E-state index contributed by atoms with van der Waals surface area (Å²) in [7, 11) is -3.43. The summed E-state index contributed by atoms with van der Waals surface area (Å²) in [6, 6.07) is 7.83. The van der Waals surface area contributed by atoms with Gasteiger partial charge in [-0.15, -0.1) is 0 Å². The number of rotatable bonds is 4. The van der Waals surface area contributed by atoms with Gasteiger partial charge < -0.3 is 4.90 Å². The summed E-state index contributed by atoms with van der Waals surface area (Å²) in [5.41, 5.74) is 1.86. The SMILES string of the molecule is Cc1ccc(CS(=O)(=O)N2CCN(C3CC3)C(=O)C2)cc1. The third-order valence-electron chi connectivity index (χ3n) is 4.07. The third-order valence-corrected chi connectivity index (χ3v) is 5.87. The van der Waals surface area contributed by atoms with Crippen molar-refractivity contribution in [2.24, 2.45) is 0 Å². The molecule has 0 bridgehead atoms. The molecule has 1 aliphatic heterocycles. The van der Waals surface area contributed by atoms with Gasteiger partial charge in [0, 0.05) is 19.1 Å². The van der Waals surface area contributed by atoms with Crippen molar-refractivity contribution in [1.82, 2.24) is 9.21 Å². The summed E-state index contributed by atoms with van der Waals surface area (Å²) >= 11 is 0. The van der Waals surface area contributed by atoms with Crippen molar-refractivity contribution in [2.45, 2.75) is 31.6 Å². The van der Waals surface area contributed by atoms with E-state index in [9.17, 15) is 13.2 Å². The molecule has 1 aromatic rings. The molecule has 2 aliphatic rings. The molecule has 1 heterocycles. The van der Waals surface area contributed by atoms with Crippen molar-refractivity contribution < 1.29 is 13.2 Å². The maximum absolute atomic E-state index is 12.4. The standard InChI is InChI=1S/C15H20N2O3S/c1-12-2-4-13(5-3-12)11-21(19,20)16-8-9-17(14-6-7-14)15(18)10-16/h2-5,14H,6-11H2,1H3. The summed E-state index contributed by atoms with van der Waals surface area (Å²) < 4.78 is 26.2. The van der Waals surface area contributed by atoms with Gasteiger partial charge in [-0.1, -0.05) is 29.8 Å². The highest BCUT2D eigenvalue weighted by atomic mass is 32.2. The zero-order valence-corrected chi connectivity index (χ0v) is 13.0. The lowest BCUT2D eigenvalue weighted by Crippen LogP contribution is -2.53. The Hall–Kier alpha value is -1.40. The van der Waals surface area contributed by atoms with Gasteiger partial charge in [-0.3, -0.25) is 4.79 Å². The molecular formula is C15H20N2O3S. The molecule has 5 nitrogen and oxygen atoms in total. The van der Waals surface area contributed by atoms with E-state index in [4.69, 9.17) is 0 Å². The molecule has 0 aromatic heterocycles. The molecule has 1 aromatic carbocycles. The summed E-state index contributed by atoms with van der Waals surface area (Å²) in [5.74, 6) is -0.0968. The lowest BCUT2D eigenvalue weighted by molar-refractivity contribution is -0.134. The number of aryl methyl sites for hydroxylation is 1. The Balaban J connectivity index is 1.67. The van der Waals surface area contributed by atoms with Crippen molar-refractivity contribution in [3.63, 3.8) is 0 Å². The van der Waals surface area contributed by atoms with Crippen LogP contribution in [0.4, 0.5) is 0 Å². The van der Waals surface area contributed by atoms with Crippen LogP contribution in [0.5, 0.6) is 0 Å². The molecule has 114 valence electrons. The average Bonchev–Trinajstić information content (AvgIpc) is 3.25. The highest BCUT2D eigenvalue weighted by molar-refractivity contribution is 7.88. The van der Waals surface area contributed by atoms with E-state index in [0.29, 0.717) is 19.1 Å². The van der Waals surface area contributed by atoms with Crippen LogP contribution < -0.4 is 0 Å². The molecule has 1 amide bonds. The molecule has 0 unspecified atom stereocenters. The third kappa shape index (κ3) is 3.27. The molecule has 0 N–H and O–H groups in total. The maximum atomic E-state index is 12.4. The second-order valence-corrected chi connectivity index (χ2v) is 7.86. The summed E-state index contributed by atoms with van der Waals surface area (Å²) in [4.78, 5) is 13.9. The minimum absolute atomic E-state index is 0.00923. The minimum Gasteiger partial charge on any atom is -0.337 e. The molecule has 6 heteroatoms. The van der Waals surface area contributed by atoms with Gasteiger partial charge in [0.25, 0.3) is 0 Å². The average molecular weight is 308 g/mol. The van der Waals surface area contributed by atoms with E-state index >= 15 is 0 Å². The first kappa shape index (κ1) is 14.5. The van der Waals surface area contributed by atoms with Crippen molar-refractivity contribution >= 4 is 15.9 Å². The highest BCUT2D eigenvalue weighted by Crippen LogP contribution is 2.28. The second kappa shape index (κ2) is 5.42. The van der Waals surface area contributed by atoms with Gasteiger partial charge in [0.05, 0.1) is 12.3 Å². The lowest BCUT2D eigenvalue weighted by atomic mass is 10.2. The van der Waals surface area contributed by atoms with Crippen LogP contribution in [0.2, 0.25) is 0 Å². The van der Waals surface area contributed by atoms with Gasteiger partial charge in [-0.2, -0.15) is 4.31 Å². The first-order valence-corrected chi connectivity index (χ1v) is 8.89. The summed E-state index contributed by atoms with van der Waals surface area (Å²) in [6.45, 7) is 2.89. The topological polar surface area (TPSA) is 57.7 Å².